The number of hydrogen-bond donors (Lipinski definition) is 1. The number of carbonyl (C=O) groups excluding carboxylic acids is 1. The fraction of sp³-hybridized carbons (Fsp3) is 0.318. The molecule has 0 unspecified atom stereocenters. The predicted molar refractivity (Wildman–Crippen MR) is 116 cm³/mol. The highest BCUT2D eigenvalue weighted by Gasteiger charge is 2.15. The molecule has 0 bridgehead atoms. The molecule has 0 spiro atoms. The van der Waals surface area contributed by atoms with Gasteiger partial charge in [0.05, 0.1) is 12.9 Å². The Kier molecular flexibility index (Phi) is 7.84. The summed E-state index contributed by atoms with van der Waals surface area (Å²) >= 11 is 1.36. The molecular formula is C22H25FN4O2S. The van der Waals surface area contributed by atoms with Gasteiger partial charge in [-0.3, -0.25) is 4.79 Å². The average molecular weight is 429 g/mol. The van der Waals surface area contributed by atoms with Crippen LogP contribution in [0.15, 0.2) is 53.7 Å². The van der Waals surface area contributed by atoms with Crippen molar-refractivity contribution in [2.24, 2.45) is 0 Å². The Morgan fingerprint density at radius 2 is 1.87 bits per heavy atom. The number of methoxy groups -OCH3 is 1. The minimum atomic E-state index is -0.292. The minimum absolute atomic E-state index is 0.111. The standard InChI is InChI=1S/C22H25FN4O2S/c1-3-4-13-27-21(17-7-11-19(29-2)12-8-17)25-26-22(27)30-15-20(28)24-14-16-5-9-18(23)10-6-16/h5-12H,3-4,13-15H2,1-2H3,(H,24,28). The number of amides is 1. The van der Waals surface area contributed by atoms with E-state index in [0.29, 0.717) is 11.7 Å². The van der Waals surface area contributed by atoms with Gasteiger partial charge in [0.2, 0.25) is 5.91 Å². The summed E-state index contributed by atoms with van der Waals surface area (Å²) in [5, 5.41) is 12.2. The molecule has 30 heavy (non-hydrogen) atoms. The lowest BCUT2D eigenvalue weighted by Crippen LogP contribution is -2.24. The van der Waals surface area contributed by atoms with Crippen LogP contribution in [0.3, 0.4) is 0 Å². The number of carbonyl (C=O) groups is 1. The van der Waals surface area contributed by atoms with Crippen LogP contribution in [-0.4, -0.2) is 33.5 Å². The minimum Gasteiger partial charge on any atom is -0.497 e. The quantitative estimate of drug-likeness (QED) is 0.488. The molecule has 3 rings (SSSR count). The van der Waals surface area contributed by atoms with Crippen molar-refractivity contribution >= 4 is 17.7 Å². The van der Waals surface area contributed by atoms with Gasteiger partial charge < -0.3 is 14.6 Å². The molecule has 8 heteroatoms. The highest BCUT2D eigenvalue weighted by molar-refractivity contribution is 7.99. The van der Waals surface area contributed by atoms with Gasteiger partial charge in [-0.05, 0) is 48.4 Å². The van der Waals surface area contributed by atoms with Crippen LogP contribution in [0.4, 0.5) is 4.39 Å². The van der Waals surface area contributed by atoms with Crippen LogP contribution in [-0.2, 0) is 17.9 Å². The van der Waals surface area contributed by atoms with Gasteiger partial charge in [0.1, 0.15) is 11.6 Å². The zero-order chi connectivity index (χ0) is 21.3. The summed E-state index contributed by atoms with van der Waals surface area (Å²) in [4.78, 5) is 12.3. The van der Waals surface area contributed by atoms with Crippen molar-refractivity contribution in [3.63, 3.8) is 0 Å². The Hall–Kier alpha value is -2.87. The lowest BCUT2D eigenvalue weighted by molar-refractivity contribution is -0.118. The van der Waals surface area contributed by atoms with Gasteiger partial charge in [-0.2, -0.15) is 0 Å². The molecule has 3 aromatic rings. The summed E-state index contributed by atoms with van der Waals surface area (Å²) in [6.45, 7) is 3.27. The third-order valence-corrected chi connectivity index (χ3v) is 5.50. The number of hydrogen-bond acceptors (Lipinski definition) is 5. The van der Waals surface area contributed by atoms with E-state index < -0.39 is 0 Å². The van der Waals surface area contributed by atoms with Gasteiger partial charge >= 0.3 is 0 Å². The highest BCUT2D eigenvalue weighted by atomic mass is 32.2. The Labute approximate surface area is 179 Å². The first-order valence-corrected chi connectivity index (χ1v) is 10.8. The van der Waals surface area contributed by atoms with Crippen molar-refractivity contribution in [2.75, 3.05) is 12.9 Å². The van der Waals surface area contributed by atoms with Crippen LogP contribution >= 0.6 is 11.8 Å². The molecule has 0 saturated heterocycles. The number of rotatable bonds is 10. The number of benzene rings is 2. The predicted octanol–water partition coefficient (Wildman–Crippen LogP) is 4.30. The topological polar surface area (TPSA) is 69.0 Å². The average Bonchev–Trinajstić information content (AvgIpc) is 3.18. The van der Waals surface area contributed by atoms with Crippen LogP contribution in [0, 0.1) is 5.82 Å². The third-order valence-electron chi connectivity index (χ3n) is 4.54. The van der Waals surface area contributed by atoms with Gasteiger partial charge in [-0.1, -0.05) is 37.2 Å². The lowest BCUT2D eigenvalue weighted by atomic mass is 10.2. The number of thioether (sulfide) groups is 1. The summed E-state index contributed by atoms with van der Waals surface area (Å²) in [5.74, 6) is 1.39. The van der Waals surface area contributed by atoms with Gasteiger partial charge in [0, 0.05) is 18.7 Å². The number of ether oxygens (including phenoxy) is 1. The zero-order valence-electron chi connectivity index (χ0n) is 17.1. The number of aromatic nitrogens is 3. The Morgan fingerprint density at radius 1 is 1.13 bits per heavy atom. The Morgan fingerprint density at radius 3 is 2.53 bits per heavy atom. The summed E-state index contributed by atoms with van der Waals surface area (Å²) in [6.07, 6.45) is 2.04. The van der Waals surface area contributed by atoms with Crippen molar-refractivity contribution in [1.29, 1.82) is 0 Å². The van der Waals surface area contributed by atoms with Crippen LogP contribution in [0.1, 0.15) is 25.3 Å². The SMILES string of the molecule is CCCCn1c(SCC(=O)NCc2ccc(F)cc2)nnc1-c1ccc(OC)cc1. The van der Waals surface area contributed by atoms with Crippen molar-refractivity contribution in [2.45, 2.75) is 38.0 Å². The Balaban J connectivity index is 1.64. The van der Waals surface area contributed by atoms with E-state index in [4.69, 9.17) is 4.74 Å². The molecule has 1 amide bonds. The van der Waals surface area contributed by atoms with Gasteiger partial charge in [-0.15, -0.1) is 10.2 Å². The molecule has 0 aliphatic rings. The van der Waals surface area contributed by atoms with E-state index in [2.05, 4.69) is 27.0 Å². The van der Waals surface area contributed by atoms with Gasteiger partial charge in [0.15, 0.2) is 11.0 Å². The van der Waals surface area contributed by atoms with Crippen molar-refractivity contribution in [1.82, 2.24) is 20.1 Å². The van der Waals surface area contributed by atoms with Crippen molar-refractivity contribution in [3.8, 4) is 17.1 Å². The smallest absolute Gasteiger partial charge is 0.230 e. The summed E-state index contributed by atoms with van der Waals surface area (Å²) in [7, 11) is 1.63. The largest absolute Gasteiger partial charge is 0.497 e. The van der Waals surface area contributed by atoms with E-state index in [9.17, 15) is 9.18 Å². The van der Waals surface area contributed by atoms with Gasteiger partial charge in [0.25, 0.3) is 0 Å². The Bertz CT molecular complexity index is 958. The molecule has 0 aliphatic carbocycles. The molecule has 0 aliphatic heterocycles. The second-order valence-corrected chi connectivity index (χ2v) is 7.67. The van der Waals surface area contributed by atoms with E-state index in [0.717, 1.165) is 42.1 Å². The third kappa shape index (κ3) is 5.82. The number of nitrogens with one attached hydrogen (secondary N) is 1. The summed E-state index contributed by atoms with van der Waals surface area (Å²) in [5.41, 5.74) is 1.80. The molecule has 0 saturated carbocycles. The zero-order valence-corrected chi connectivity index (χ0v) is 17.9. The van der Waals surface area contributed by atoms with Crippen LogP contribution in [0.5, 0.6) is 5.75 Å². The molecule has 1 heterocycles. The molecule has 158 valence electrons. The second-order valence-electron chi connectivity index (χ2n) is 6.73. The maximum Gasteiger partial charge on any atom is 0.230 e. The molecule has 6 nitrogen and oxygen atoms in total. The summed E-state index contributed by atoms with van der Waals surface area (Å²) < 4.78 is 20.3. The fourth-order valence-electron chi connectivity index (χ4n) is 2.85. The van der Waals surface area contributed by atoms with E-state index >= 15 is 0 Å². The van der Waals surface area contributed by atoms with Crippen molar-refractivity contribution in [3.05, 3.63) is 59.9 Å². The second kappa shape index (κ2) is 10.8. The highest BCUT2D eigenvalue weighted by Crippen LogP contribution is 2.26. The van der Waals surface area contributed by atoms with Gasteiger partial charge in [-0.25, -0.2) is 4.39 Å². The van der Waals surface area contributed by atoms with Crippen molar-refractivity contribution < 1.29 is 13.9 Å². The van der Waals surface area contributed by atoms with Crippen LogP contribution in [0.2, 0.25) is 0 Å². The molecule has 0 radical (unpaired) electrons. The van der Waals surface area contributed by atoms with E-state index in [-0.39, 0.29) is 17.5 Å². The first-order chi connectivity index (χ1) is 14.6. The number of nitrogens with zero attached hydrogens (tertiary/aromatic N) is 3. The molecule has 1 aromatic heterocycles. The maximum absolute atomic E-state index is 13.0. The molecule has 0 fully saturated rings. The maximum atomic E-state index is 13.0. The van der Waals surface area contributed by atoms with E-state index in [1.807, 2.05) is 24.3 Å². The number of halogens is 1. The van der Waals surface area contributed by atoms with Crippen LogP contribution < -0.4 is 10.1 Å². The van der Waals surface area contributed by atoms with Crippen LogP contribution in [0.25, 0.3) is 11.4 Å². The first kappa shape index (κ1) is 21.8. The molecule has 1 N–H and O–H groups in total. The van der Waals surface area contributed by atoms with E-state index in [1.54, 1.807) is 19.2 Å². The molecule has 0 atom stereocenters. The van der Waals surface area contributed by atoms with E-state index in [1.165, 1.54) is 23.9 Å². The number of unbranched alkanes of at least 4 members (excludes halogenated alkanes) is 1. The lowest BCUT2D eigenvalue weighted by Gasteiger charge is -2.10. The normalized spacial score (nSPS) is 10.8. The monoisotopic (exact) mass is 428 g/mol. The summed E-state index contributed by atoms with van der Waals surface area (Å²) in [6, 6.07) is 13.8. The fourth-order valence-corrected chi connectivity index (χ4v) is 3.65. The molecule has 2 aromatic carbocycles. The molecular weight excluding hydrogens is 403 g/mol. The first-order valence-electron chi connectivity index (χ1n) is 9.82.